The molecule has 0 heteroatoms. The van der Waals surface area contributed by atoms with Crippen LogP contribution in [0.1, 0.15) is 40.5 Å². The second-order valence-electron chi connectivity index (χ2n) is 3.39. The molecule has 10 heavy (non-hydrogen) atoms. The Kier molecular flexibility index (Phi) is 5.38. The third-order valence-corrected chi connectivity index (χ3v) is 1.57. The van der Waals surface area contributed by atoms with Crippen LogP contribution in [0.5, 0.6) is 0 Å². The molecule has 1 atom stereocenters. The van der Waals surface area contributed by atoms with Gasteiger partial charge in [0.1, 0.15) is 0 Å². The van der Waals surface area contributed by atoms with Gasteiger partial charge in [-0.25, -0.2) is 0 Å². The van der Waals surface area contributed by atoms with Gasteiger partial charge < -0.3 is 0 Å². The van der Waals surface area contributed by atoms with Crippen molar-refractivity contribution in [2.75, 3.05) is 0 Å². The van der Waals surface area contributed by atoms with Crippen molar-refractivity contribution in [2.24, 2.45) is 11.8 Å². The lowest BCUT2D eigenvalue weighted by molar-refractivity contribution is 0.627. The summed E-state index contributed by atoms with van der Waals surface area (Å²) in [7, 11) is 0. The van der Waals surface area contributed by atoms with Gasteiger partial charge in [-0.1, -0.05) is 46.3 Å². The Morgan fingerprint density at radius 1 is 1.10 bits per heavy atom. The molecule has 1 unspecified atom stereocenters. The van der Waals surface area contributed by atoms with E-state index in [1.807, 2.05) is 0 Å². The second kappa shape index (κ2) is 5.52. The van der Waals surface area contributed by atoms with Crippen molar-refractivity contribution in [2.45, 2.75) is 40.5 Å². The summed E-state index contributed by atoms with van der Waals surface area (Å²) in [5, 5.41) is 0. The molecule has 0 aromatic carbocycles. The first-order valence-electron chi connectivity index (χ1n) is 4.35. The van der Waals surface area contributed by atoms with Crippen LogP contribution in [0.25, 0.3) is 0 Å². The molecular formula is C10H20. The van der Waals surface area contributed by atoms with Crippen molar-refractivity contribution in [1.29, 1.82) is 0 Å². The van der Waals surface area contributed by atoms with E-state index in [4.69, 9.17) is 0 Å². The van der Waals surface area contributed by atoms with Crippen LogP contribution in [0.2, 0.25) is 0 Å². The lowest BCUT2D eigenvalue weighted by atomic mass is 10.0. The summed E-state index contributed by atoms with van der Waals surface area (Å²) in [5.74, 6) is 1.48. The van der Waals surface area contributed by atoms with Crippen LogP contribution in [-0.4, -0.2) is 0 Å². The second-order valence-corrected chi connectivity index (χ2v) is 3.39. The van der Waals surface area contributed by atoms with Crippen LogP contribution in [-0.2, 0) is 0 Å². The zero-order chi connectivity index (χ0) is 7.98. The Balaban J connectivity index is 3.45. The van der Waals surface area contributed by atoms with Gasteiger partial charge in [0.05, 0.1) is 0 Å². The highest BCUT2D eigenvalue weighted by molar-refractivity contribution is 4.88. The number of hydrogen-bond donors (Lipinski definition) is 0. The predicted molar refractivity (Wildman–Crippen MR) is 48.1 cm³/mol. The SMILES string of the molecule is CCCC(C)/C=C\C(C)C. The third-order valence-electron chi connectivity index (χ3n) is 1.57. The maximum Gasteiger partial charge on any atom is -0.0262 e. The third kappa shape index (κ3) is 5.87. The highest BCUT2D eigenvalue weighted by Crippen LogP contribution is 2.07. The van der Waals surface area contributed by atoms with Gasteiger partial charge in [0.15, 0.2) is 0 Å². The van der Waals surface area contributed by atoms with E-state index in [0.29, 0.717) is 5.92 Å². The summed E-state index contributed by atoms with van der Waals surface area (Å²) in [4.78, 5) is 0. The van der Waals surface area contributed by atoms with Gasteiger partial charge in [-0.3, -0.25) is 0 Å². The van der Waals surface area contributed by atoms with Crippen molar-refractivity contribution in [3.05, 3.63) is 12.2 Å². The maximum absolute atomic E-state index is 2.33. The Hall–Kier alpha value is -0.260. The summed E-state index contributed by atoms with van der Waals surface area (Å²) >= 11 is 0. The zero-order valence-electron chi connectivity index (χ0n) is 7.72. The molecule has 0 aliphatic rings. The average molecular weight is 140 g/mol. The normalized spacial score (nSPS) is 14.9. The Morgan fingerprint density at radius 2 is 1.70 bits per heavy atom. The molecule has 0 spiro atoms. The van der Waals surface area contributed by atoms with Crippen LogP contribution >= 0.6 is 0 Å². The highest BCUT2D eigenvalue weighted by atomic mass is 14.0. The molecule has 0 saturated carbocycles. The van der Waals surface area contributed by atoms with Crippen LogP contribution in [0.3, 0.4) is 0 Å². The molecule has 0 heterocycles. The minimum atomic E-state index is 0.708. The fraction of sp³-hybridized carbons (Fsp3) is 0.800. The van der Waals surface area contributed by atoms with Crippen molar-refractivity contribution < 1.29 is 0 Å². The lowest BCUT2D eigenvalue weighted by Gasteiger charge is -2.02. The van der Waals surface area contributed by atoms with Gasteiger partial charge in [-0.15, -0.1) is 0 Å². The molecular weight excluding hydrogens is 120 g/mol. The highest BCUT2D eigenvalue weighted by Gasteiger charge is 1.93. The zero-order valence-corrected chi connectivity index (χ0v) is 7.72. The minimum Gasteiger partial charge on any atom is -0.0857 e. The van der Waals surface area contributed by atoms with Crippen LogP contribution < -0.4 is 0 Å². The fourth-order valence-corrected chi connectivity index (χ4v) is 0.963. The average Bonchev–Trinajstić information content (AvgIpc) is 1.85. The largest absolute Gasteiger partial charge is 0.0857 e. The molecule has 0 aliphatic carbocycles. The van der Waals surface area contributed by atoms with Crippen molar-refractivity contribution in [3.8, 4) is 0 Å². The first-order chi connectivity index (χ1) is 4.66. The van der Waals surface area contributed by atoms with Crippen LogP contribution in [0.4, 0.5) is 0 Å². The van der Waals surface area contributed by atoms with E-state index in [9.17, 15) is 0 Å². The Bertz CT molecular complexity index is 90.2. The van der Waals surface area contributed by atoms with E-state index in [1.54, 1.807) is 0 Å². The summed E-state index contributed by atoms with van der Waals surface area (Å²) in [6.07, 6.45) is 7.24. The van der Waals surface area contributed by atoms with E-state index in [0.717, 1.165) is 5.92 Å². The quantitative estimate of drug-likeness (QED) is 0.523. The molecule has 0 bridgehead atoms. The topological polar surface area (TPSA) is 0 Å². The molecule has 0 aromatic rings. The molecule has 60 valence electrons. The Labute approximate surface area is 65.3 Å². The van der Waals surface area contributed by atoms with Crippen molar-refractivity contribution in [1.82, 2.24) is 0 Å². The summed E-state index contributed by atoms with van der Waals surface area (Å²) < 4.78 is 0. The van der Waals surface area contributed by atoms with E-state index in [-0.39, 0.29) is 0 Å². The fourth-order valence-electron chi connectivity index (χ4n) is 0.963. The van der Waals surface area contributed by atoms with Gasteiger partial charge in [0.2, 0.25) is 0 Å². The summed E-state index contributed by atoms with van der Waals surface area (Å²) in [6, 6.07) is 0. The standard InChI is InChI=1S/C10H20/c1-5-6-10(4)8-7-9(2)3/h7-10H,5-6H2,1-4H3/b8-7-. The number of hydrogen-bond acceptors (Lipinski definition) is 0. The summed E-state index contributed by atoms with van der Waals surface area (Å²) in [6.45, 7) is 8.95. The van der Waals surface area contributed by atoms with E-state index >= 15 is 0 Å². The van der Waals surface area contributed by atoms with Crippen molar-refractivity contribution in [3.63, 3.8) is 0 Å². The van der Waals surface area contributed by atoms with E-state index < -0.39 is 0 Å². The Morgan fingerprint density at radius 3 is 2.10 bits per heavy atom. The molecule has 0 N–H and O–H groups in total. The van der Waals surface area contributed by atoms with E-state index in [2.05, 4.69) is 39.8 Å². The molecule has 0 aliphatic heterocycles. The molecule has 0 radical (unpaired) electrons. The maximum atomic E-state index is 2.33. The van der Waals surface area contributed by atoms with Crippen LogP contribution in [0, 0.1) is 11.8 Å². The van der Waals surface area contributed by atoms with Crippen LogP contribution in [0.15, 0.2) is 12.2 Å². The predicted octanol–water partition coefficient (Wildman–Crippen LogP) is 3.63. The smallest absolute Gasteiger partial charge is 0.0262 e. The van der Waals surface area contributed by atoms with Gasteiger partial charge >= 0.3 is 0 Å². The van der Waals surface area contributed by atoms with Gasteiger partial charge in [0, 0.05) is 0 Å². The first kappa shape index (κ1) is 9.74. The molecule has 0 rings (SSSR count). The molecule has 0 saturated heterocycles. The molecule has 0 fully saturated rings. The molecule has 0 aromatic heterocycles. The minimum absolute atomic E-state index is 0.708. The van der Waals surface area contributed by atoms with Gasteiger partial charge in [-0.2, -0.15) is 0 Å². The monoisotopic (exact) mass is 140 g/mol. The van der Waals surface area contributed by atoms with E-state index in [1.165, 1.54) is 12.8 Å². The van der Waals surface area contributed by atoms with Crippen molar-refractivity contribution >= 4 is 0 Å². The molecule has 0 amide bonds. The van der Waals surface area contributed by atoms with Gasteiger partial charge in [-0.05, 0) is 18.3 Å². The number of rotatable bonds is 4. The lowest BCUT2D eigenvalue weighted by Crippen LogP contribution is -1.88. The summed E-state index contributed by atoms with van der Waals surface area (Å²) in [5.41, 5.74) is 0. The first-order valence-corrected chi connectivity index (χ1v) is 4.35. The molecule has 0 nitrogen and oxygen atoms in total. The number of allylic oxidation sites excluding steroid dienone is 2. The van der Waals surface area contributed by atoms with Gasteiger partial charge in [0.25, 0.3) is 0 Å².